The van der Waals surface area contributed by atoms with E-state index in [1.165, 1.54) is 96.3 Å². The van der Waals surface area contributed by atoms with E-state index in [4.69, 9.17) is 11.6 Å². The zero-order chi connectivity index (χ0) is 14.9. The van der Waals surface area contributed by atoms with Crippen LogP contribution >= 0.6 is 11.6 Å². The predicted molar refractivity (Wildman–Crippen MR) is 93.2 cm³/mol. The van der Waals surface area contributed by atoms with Gasteiger partial charge < -0.3 is 0 Å². The van der Waals surface area contributed by atoms with Gasteiger partial charge in [-0.1, -0.05) is 37.3 Å². The van der Waals surface area contributed by atoms with Crippen molar-refractivity contribution in [3.8, 4) is 0 Å². The summed E-state index contributed by atoms with van der Waals surface area (Å²) in [5, 5.41) is 0. The van der Waals surface area contributed by atoms with Gasteiger partial charge in [0, 0.05) is 0 Å². The molecule has 5 aliphatic carbocycles. The molecule has 0 spiro atoms. The second-order valence-corrected chi connectivity index (χ2v) is 9.97. The lowest BCUT2D eigenvalue weighted by Crippen LogP contribution is -2.70. The minimum absolute atomic E-state index is 0.161. The van der Waals surface area contributed by atoms with Crippen LogP contribution in [-0.4, -0.2) is 4.87 Å². The molecule has 122 valence electrons. The maximum absolute atomic E-state index is 7.48. The molecule has 4 bridgehead atoms. The van der Waals surface area contributed by atoms with Crippen molar-refractivity contribution in [2.75, 3.05) is 0 Å². The van der Waals surface area contributed by atoms with Crippen molar-refractivity contribution < 1.29 is 0 Å². The van der Waals surface area contributed by atoms with E-state index >= 15 is 0 Å². The van der Waals surface area contributed by atoms with Crippen LogP contribution in [0.25, 0.3) is 0 Å². The van der Waals surface area contributed by atoms with Gasteiger partial charge in [0.2, 0.25) is 0 Å². The molecule has 0 unspecified atom stereocenters. The second-order valence-electron chi connectivity index (χ2n) is 9.25. The Morgan fingerprint density at radius 2 is 1.27 bits per heavy atom. The highest BCUT2D eigenvalue weighted by Gasteiger charge is 2.74. The zero-order valence-corrected chi connectivity index (χ0v) is 14.8. The van der Waals surface area contributed by atoms with Gasteiger partial charge in [0.25, 0.3) is 0 Å². The van der Waals surface area contributed by atoms with Crippen LogP contribution < -0.4 is 0 Å². The summed E-state index contributed by atoms with van der Waals surface area (Å²) in [4.78, 5) is 0.161. The summed E-state index contributed by atoms with van der Waals surface area (Å²) in [6, 6.07) is 0. The molecule has 0 N–H and O–H groups in total. The summed E-state index contributed by atoms with van der Waals surface area (Å²) in [7, 11) is 0. The number of allylic oxidation sites excluding steroid dienone is 2. The van der Waals surface area contributed by atoms with E-state index in [2.05, 4.69) is 6.08 Å². The molecule has 0 aromatic carbocycles. The molecule has 4 fully saturated rings. The summed E-state index contributed by atoms with van der Waals surface area (Å²) < 4.78 is 0. The van der Waals surface area contributed by atoms with E-state index in [1.54, 1.807) is 0 Å². The number of hydrogen-bond donors (Lipinski definition) is 0. The first-order valence-electron chi connectivity index (χ1n) is 10.1. The van der Waals surface area contributed by atoms with Crippen LogP contribution in [0, 0.1) is 16.2 Å². The van der Waals surface area contributed by atoms with Crippen LogP contribution in [0.3, 0.4) is 0 Å². The lowest BCUT2D eigenvalue weighted by atomic mass is 9.30. The molecule has 0 aromatic rings. The molecule has 0 nitrogen and oxygen atoms in total. The Morgan fingerprint density at radius 1 is 0.682 bits per heavy atom. The van der Waals surface area contributed by atoms with Crippen molar-refractivity contribution in [3.05, 3.63) is 11.6 Å². The third-order valence-corrected chi connectivity index (χ3v) is 9.85. The topological polar surface area (TPSA) is 0 Å². The van der Waals surface area contributed by atoms with Gasteiger partial charge in [0.05, 0.1) is 4.87 Å². The number of halogens is 1. The fourth-order valence-corrected chi connectivity index (χ4v) is 9.32. The van der Waals surface area contributed by atoms with Crippen molar-refractivity contribution >= 4 is 11.6 Å². The Kier molecular flexibility index (Phi) is 2.98. The smallest absolute Gasteiger partial charge is 0.0508 e. The maximum Gasteiger partial charge on any atom is 0.0508 e. The molecule has 0 heterocycles. The fourth-order valence-electron chi connectivity index (χ4n) is 8.69. The van der Waals surface area contributed by atoms with Crippen LogP contribution in [0.4, 0.5) is 0 Å². The summed E-state index contributed by atoms with van der Waals surface area (Å²) >= 11 is 7.48. The van der Waals surface area contributed by atoms with E-state index in [9.17, 15) is 0 Å². The van der Waals surface area contributed by atoms with E-state index < -0.39 is 0 Å². The van der Waals surface area contributed by atoms with Gasteiger partial charge in [-0.2, -0.15) is 0 Å². The highest BCUT2D eigenvalue weighted by atomic mass is 35.5. The minimum atomic E-state index is 0.161. The molecular formula is C21H31Cl. The summed E-state index contributed by atoms with van der Waals surface area (Å²) in [5.74, 6) is 0. The van der Waals surface area contributed by atoms with Crippen molar-refractivity contribution in [1.29, 1.82) is 0 Å². The SMILES string of the molecule is ClC12CCCC3(CCC1)C1(C4=CCCC4)CCCC23CCC1. The Morgan fingerprint density at radius 3 is 1.86 bits per heavy atom. The van der Waals surface area contributed by atoms with Gasteiger partial charge in [-0.15, -0.1) is 11.6 Å². The van der Waals surface area contributed by atoms with E-state index in [1.807, 2.05) is 5.57 Å². The normalized spacial score (nSPS) is 53.8. The number of alkyl halides is 1. The average molecular weight is 319 g/mol. The van der Waals surface area contributed by atoms with E-state index in [0.29, 0.717) is 16.2 Å². The molecule has 4 saturated carbocycles. The third kappa shape index (κ3) is 1.40. The largest absolute Gasteiger partial charge is 0.119 e. The lowest BCUT2D eigenvalue weighted by molar-refractivity contribution is -0.216. The summed E-state index contributed by atoms with van der Waals surface area (Å²) in [5.41, 5.74) is 3.56. The van der Waals surface area contributed by atoms with Crippen LogP contribution in [0.15, 0.2) is 11.6 Å². The van der Waals surface area contributed by atoms with Crippen molar-refractivity contribution in [3.63, 3.8) is 0 Å². The minimum Gasteiger partial charge on any atom is -0.119 e. The highest BCUT2D eigenvalue weighted by Crippen LogP contribution is 2.81. The highest BCUT2D eigenvalue weighted by molar-refractivity contribution is 6.24. The molecular weight excluding hydrogens is 288 g/mol. The fraction of sp³-hybridized carbons (Fsp3) is 0.905. The molecule has 5 aliphatic rings. The molecule has 22 heavy (non-hydrogen) atoms. The molecule has 5 rings (SSSR count). The first-order valence-corrected chi connectivity index (χ1v) is 10.4. The van der Waals surface area contributed by atoms with Gasteiger partial charge in [-0.05, 0) is 86.9 Å². The quantitative estimate of drug-likeness (QED) is 0.369. The van der Waals surface area contributed by atoms with Crippen LogP contribution in [0.5, 0.6) is 0 Å². The van der Waals surface area contributed by atoms with Crippen LogP contribution in [-0.2, 0) is 0 Å². The molecule has 0 atom stereocenters. The van der Waals surface area contributed by atoms with E-state index in [0.717, 1.165) is 0 Å². The second kappa shape index (κ2) is 4.56. The molecule has 1 heteroatoms. The Balaban J connectivity index is 1.73. The monoisotopic (exact) mass is 318 g/mol. The van der Waals surface area contributed by atoms with Crippen molar-refractivity contribution in [2.45, 2.75) is 101 Å². The Bertz CT molecular complexity index is 494. The molecule has 0 saturated heterocycles. The molecule has 0 aromatic heterocycles. The van der Waals surface area contributed by atoms with Gasteiger partial charge in [0.1, 0.15) is 0 Å². The van der Waals surface area contributed by atoms with Crippen LogP contribution in [0.2, 0.25) is 0 Å². The van der Waals surface area contributed by atoms with Crippen molar-refractivity contribution in [1.82, 2.24) is 0 Å². The zero-order valence-electron chi connectivity index (χ0n) is 14.1. The summed E-state index contributed by atoms with van der Waals surface area (Å²) in [6.07, 6.45) is 24.1. The first kappa shape index (κ1) is 14.4. The van der Waals surface area contributed by atoms with Crippen LogP contribution in [0.1, 0.15) is 96.3 Å². The van der Waals surface area contributed by atoms with Gasteiger partial charge >= 0.3 is 0 Å². The van der Waals surface area contributed by atoms with Gasteiger partial charge in [-0.3, -0.25) is 0 Å². The standard InChI is InChI=1S/C21H31Cl/c22-21-15-5-11-19(12-6-16-21)18(17-7-1-2-8-17)9-3-13-20(19,21)14-4-10-18/h7H,1-6,8-16H2. The number of rotatable bonds is 1. The molecule has 0 radical (unpaired) electrons. The lowest BCUT2D eigenvalue weighted by Gasteiger charge is -2.76. The third-order valence-electron chi connectivity index (χ3n) is 9.11. The van der Waals surface area contributed by atoms with Crippen molar-refractivity contribution in [2.24, 2.45) is 16.2 Å². The Hall–Kier alpha value is 0.0300. The first-order chi connectivity index (χ1) is 10.7. The van der Waals surface area contributed by atoms with Gasteiger partial charge in [-0.25, -0.2) is 0 Å². The maximum atomic E-state index is 7.48. The van der Waals surface area contributed by atoms with E-state index in [-0.39, 0.29) is 4.87 Å². The molecule has 0 aliphatic heterocycles. The summed E-state index contributed by atoms with van der Waals surface area (Å²) in [6.45, 7) is 0. The molecule has 0 amide bonds. The average Bonchev–Trinajstić information content (AvgIpc) is 3.00. The van der Waals surface area contributed by atoms with Gasteiger partial charge in [0.15, 0.2) is 0 Å². The Labute approximate surface area is 141 Å². The predicted octanol–water partition coefficient (Wildman–Crippen LogP) is 6.77. The number of hydrogen-bond acceptors (Lipinski definition) is 0.